The number of hydrogen-bond acceptors (Lipinski definition) is 2. The fourth-order valence-corrected chi connectivity index (χ4v) is 2.28. The second-order valence-electron chi connectivity index (χ2n) is 4.58. The topological polar surface area (TPSA) is 42.0 Å². The maximum atomic E-state index is 11.9. The molecule has 1 N–H and O–H groups in total. The van der Waals surface area contributed by atoms with Crippen molar-refractivity contribution >= 4 is 5.91 Å². The smallest absolute Gasteiger partial charge is 0.253 e. The van der Waals surface area contributed by atoms with Crippen LogP contribution in [-0.2, 0) is 0 Å². The molecular formula is C13H18N2O. The van der Waals surface area contributed by atoms with E-state index in [2.05, 4.69) is 17.2 Å². The Morgan fingerprint density at radius 3 is 2.94 bits per heavy atom. The third kappa shape index (κ3) is 2.60. The van der Waals surface area contributed by atoms with Gasteiger partial charge in [0.2, 0.25) is 0 Å². The summed E-state index contributed by atoms with van der Waals surface area (Å²) < 4.78 is 0. The maximum absolute atomic E-state index is 11.9. The van der Waals surface area contributed by atoms with E-state index >= 15 is 0 Å². The zero-order valence-corrected chi connectivity index (χ0v) is 9.65. The lowest BCUT2D eigenvalue weighted by molar-refractivity contribution is 0.0910. The molecule has 2 rings (SSSR count). The predicted molar refractivity (Wildman–Crippen MR) is 63.1 cm³/mol. The minimum absolute atomic E-state index is 0.00634. The molecule has 1 aliphatic carbocycles. The van der Waals surface area contributed by atoms with E-state index in [1.54, 1.807) is 24.5 Å². The molecule has 1 aliphatic rings. The largest absolute Gasteiger partial charge is 0.349 e. The molecule has 0 radical (unpaired) electrons. The highest BCUT2D eigenvalue weighted by molar-refractivity contribution is 5.94. The Bertz CT molecular complexity index is 350. The van der Waals surface area contributed by atoms with Crippen LogP contribution in [0.4, 0.5) is 0 Å². The predicted octanol–water partition coefficient (Wildman–Crippen LogP) is 2.39. The van der Waals surface area contributed by atoms with Crippen LogP contribution in [0.15, 0.2) is 24.5 Å². The van der Waals surface area contributed by atoms with Gasteiger partial charge in [-0.05, 0) is 30.9 Å². The van der Waals surface area contributed by atoms with Crippen molar-refractivity contribution in [1.29, 1.82) is 0 Å². The number of amides is 1. The number of pyridine rings is 1. The zero-order valence-electron chi connectivity index (χ0n) is 9.65. The number of carbonyl (C=O) groups is 1. The van der Waals surface area contributed by atoms with Crippen LogP contribution in [0.2, 0.25) is 0 Å². The Kier molecular flexibility index (Phi) is 3.54. The first-order chi connectivity index (χ1) is 7.77. The summed E-state index contributed by atoms with van der Waals surface area (Å²) in [5, 5.41) is 3.11. The van der Waals surface area contributed by atoms with Crippen LogP contribution in [0.3, 0.4) is 0 Å². The lowest BCUT2D eigenvalue weighted by atomic mass is 9.86. The van der Waals surface area contributed by atoms with E-state index < -0.39 is 0 Å². The van der Waals surface area contributed by atoms with E-state index in [9.17, 15) is 4.79 Å². The van der Waals surface area contributed by atoms with Crippen LogP contribution < -0.4 is 5.32 Å². The average molecular weight is 218 g/mol. The monoisotopic (exact) mass is 218 g/mol. The molecule has 0 spiro atoms. The van der Waals surface area contributed by atoms with Gasteiger partial charge in [0.05, 0.1) is 5.56 Å². The van der Waals surface area contributed by atoms with E-state index in [-0.39, 0.29) is 5.91 Å². The fraction of sp³-hybridized carbons (Fsp3) is 0.538. The molecule has 3 nitrogen and oxygen atoms in total. The van der Waals surface area contributed by atoms with Crippen molar-refractivity contribution in [3.05, 3.63) is 30.1 Å². The third-order valence-electron chi connectivity index (χ3n) is 3.35. The van der Waals surface area contributed by atoms with Gasteiger partial charge < -0.3 is 5.32 Å². The summed E-state index contributed by atoms with van der Waals surface area (Å²) in [5.74, 6) is 0.598. The molecule has 0 unspecified atom stereocenters. The van der Waals surface area contributed by atoms with E-state index in [4.69, 9.17) is 0 Å². The summed E-state index contributed by atoms with van der Waals surface area (Å²) in [6.45, 7) is 2.22. The minimum atomic E-state index is 0.00634. The van der Waals surface area contributed by atoms with Crippen molar-refractivity contribution in [3.63, 3.8) is 0 Å². The van der Waals surface area contributed by atoms with Crippen LogP contribution >= 0.6 is 0 Å². The highest BCUT2D eigenvalue weighted by Crippen LogP contribution is 2.23. The van der Waals surface area contributed by atoms with Crippen molar-refractivity contribution in [2.45, 2.75) is 38.6 Å². The Balaban J connectivity index is 1.96. The van der Waals surface area contributed by atoms with Gasteiger partial charge in [-0.15, -0.1) is 0 Å². The number of nitrogens with one attached hydrogen (secondary N) is 1. The highest BCUT2D eigenvalue weighted by Gasteiger charge is 2.23. The molecule has 3 heteroatoms. The van der Waals surface area contributed by atoms with Gasteiger partial charge in [0.15, 0.2) is 0 Å². The van der Waals surface area contributed by atoms with Gasteiger partial charge in [-0.3, -0.25) is 9.78 Å². The van der Waals surface area contributed by atoms with Crippen LogP contribution in [0.25, 0.3) is 0 Å². The molecule has 1 fully saturated rings. The molecule has 0 aromatic carbocycles. The molecule has 0 saturated heterocycles. The van der Waals surface area contributed by atoms with Gasteiger partial charge in [0.1, 0.15) is 0 Å². The minimum Gasteiger partial charge on any atom is -0.349 e. The first-order valence-electron chi connectivity index (χ1n) is 5.98. The van der Waals surface area contributed by atoms with Crippen LogP contribution in [0.1, 0.15) is 43.0 Å². The van der Waals surface area contributed by atoms with Crippen molar-refractivity contribution < 1.29 is 4.79 Å². The Hall–Kier alpha value is -1.38. The molecule has 16 heavy (non-hydrogen) atoms. The molecule has 2 atom stereocenters. The van der Waals surface area contributed by atoms with Crippen molar-refractivity contribution in [3.8, 4) is 0 Å². The first kappa shape index (κ1) is 11.1. The average Bonchev–Trinajstić information content (AvgIpc) is 2.33. The van der Waals surface area contributed by atoms with Gasteiger partial charge in [0, 0.05) is 18.4 Å². The van der Waals surface area contributed by atoms with Crippen LogP contribution in [0.5, 0.6) is 0 Å². The Labute approximate surface area is 96.3 Å². The summed E-state index contributed by atoms with van der Waals surface area (Å²) in [7, 11) is 0. The summed E-state index contributed by atoms with van der Waals surface area (Å²) in [4.78, 5) is 15.9. The lowest BCUT2D eigenvalue weighted by Crippen LogP contribution is -2.41. The maximum Gasteiger partial charge on any atom is 0.253 e. The third-order valence-corrected chi connectivity index (χ3v) is 3.35. The van der Waals surface area contributed by atoms with Crippen LogP contribution in [0, 0.1) is 5.92 Å². The van der Waals surface area contributed by atoms with Gasteiger partial charge in [-0.1, -0.05) is 19.8 Å². The molecule has 0 bridgehead atoms. The molecule has 1 aromatic heterocycles. The molecule has 1 saturated carbocycles. The number of hydrogen-bond donors (Lipinski definition) is 1. The molecule has 1 aromatic rings. The fourth-order valence-electron chi connectivity index (χ4n) is 2.28. The molecule has 1 amide bonds. The standard InChI is InChI=1S/C13H18N2O/c1-10-5-2-3-7-12(10)15-13(16)11-6-4-8-14-9-11/h4,6,8-10,12H,2-3,5,7H2,1H3,(H,15,16)/t10-,12+/m1/s1. The normalized spacial score (nSPS) is 25.1. The van der Waals surface area contributed by atoms with Crippen LogP contribution in [-0.4, -0.2) is 16.9 Å². The molecular weight excluding hydrogens is 200 g/mol. The first-order valence-corrected chi connectivity index (χ1v) is 5.98. The van der Waals surface area contributed by atoms with E-state index in [1.165, 1.54) is 19.3 Å². The summed E-state index contributed by atoms with van der Waals surface area (Å²) in [5.41, 5.74) is 0.653. The van der Waals surface area contributed by atoms with Gasteiger partial charge in [-0.25, -0.2) is 0 Å². The van der Waals surface area contributed by atoms with Crippen molar-refractivity contribution in [1.82, 2.24) is 10.3 Å². The van der Waals surface area contributed by atoms with Crippen molar-refractivity contribution in [2.24, 2.45) is 5.92 Å². The number of nitrogens with zero attached hydrogens (tertiary/aromatic N) is 1. The van der Waals surface area contributed by atoms with Crippen molar-refractivity contribution in [2.75, 3.05) is 0 Å². The molecule has 0 aliphatic heterocycles. The molecule has 86 valence electrons. The number of carbonyl (C=O) groups excluding carboxylic acids is 1. The van der Waals surface area contributed by atoms with E-state index in [0.717, 1.165) is 6.42 Å². The van der Waals surface area contributed by atoms with E-state index in [1.807, 2.05) is 0 Å². The summed E-state index contributed by atoms with van der Waals surface area (Å²) >= 11 is 0. The second kappa shape index (κ2) is 5.10. The number of aromatic nitrogens is 1. The SMILES string of the molecule is C[C@@H]1CCCC[C@@H]1NC(=O)c1cccnc1. The summed E-state index contributed by atoms with van der Waals surface area (Å²) in [6.07, 6.45) is 8.14. The quantitative estimate of drug-likeness (QED) is 0.828. The van der Waals surface area contributed by atoms with Gasteiger partial charge in [-0.2, -0.15) is 0 Å². The molecule has 1 heterocycles. The summed E-state index contributed by atoms with van der Waals surface area (Å²) in [6, 6.07) is 3.93. The highest BCUT2D eigenvalue weighted by atomic mass is 16.1. The Morgan fingerprint density at radius 1 is 1.44 bits per heavy atom. The van der Waals surface area contributed by atoms with Gasteiger partial charge >= 0.3 is 0 Å². The van der Waals surface area contributed by atoms with E-state index in [0.29, 0.717) is 17.5 Å². The second-order valence-corrected chi connectivity index (χ2v) is 4.58. The zero-order chi connectivity index (χ0) is 11.4. The Morgan fingerprint density at radius 2 is 2.25 bits per heavy atom. The number of rotatable bonds is 2. The lowest BCUT2D eigenvalue weighted by Gasteiger charge is -2.29. The van der Waals surface area contributed by atoms with Gasteiger partial charge in [0.25, 0.3) is 5.91 Å².